The molecule has 0 aliphatic carbocycles. The molecule has 0 radical (unpaired) electrons. The number of rotatable bonds is 6. The van der Waals surface area contributed by atoms with Crippen LogP contribution in [0.1, 0.15) is 36.1 Å². The molecular formula is C15H24ClNO2. The Labute approximate surface area is 121 Å². The first-order valence-electron chi connectivity index (χ1n) is 6.63. The Morgan fingerprint density at radius 3 is 2.47 bits per heavy atom. The highest BCUT2D eigenvalue weighted by molar-refractivity contribution is 6.32. The molecule has 1 rings (SSSR count). The van der Waals surface area contributed by atoms with Crippen LogP contribution in [0, 0.1) is 13.8 Å². The van der Waals surface area contributed by atoms with E-state index in [1.165, 1.54) is 0 Å². The van der Waals surface area contributed by atoms with Crippen LogP contribution >= 0.6 is 11.6 Å². The Bertz CT molecular complexity index is 433. The Hall–Kier alpha value is -0.770. The highest BCUT2D eigenvalue weighted by atomic mass is 35.5. The third kappa shape index (κ3) is 3.62. The second-order valence-corrected chi connectivity index (χ2v) is 5.35. The minimum absolute atomic E-state index is 0.102. The molecule has 1 unspecified atom stereocenters. The molecule has 19 heavy (non-hydrogen) atoms. The Balaban J connectivity index is 3.39. The normalized spacial score (nSPS) is 12.8. The van der Waals surface area contributed by atoms with E-state index in [9.17, 15) is 5.11 Å². The number of nitrogens with zero attached hydrogens (tertiary/aromatic N) is 1. The lowest BCUT2D eigenvalue weighted by Gasteiger charge is -2.28. The first kappa shape index (κ1) is 16.3. The molecule has 0 bridgehead atoms. The van der Waals surface area contributed by atoms with E-state index in [0.717, 1.165) is 27.5 Å². The second-order valence-electron chi connectivity index (χ2n) is 4.97. The van der Waals surface area contributed by atoms with Gasteiger partial charge in [0, 0.05) is 23.2 Å². The van der Waals surface area contributed by atoms with Crippen LogP contribution in [0.2, 0.25) is 5.02 Å². The number of ether oxygens (including phenoxy) is 1. The van der Waals surface area contributed by atoms with Crippen LogP contribution in [0.15, 0.2) is 6.07 Å². The lowest BCUT2D eigenvalue weighted by molar-refractivity contribution is 0.205. The third-order valence-electron chi connectivity index (χ3n) is 3.35. The van der Waals surface area contributed by atoms with E-state index in [0.29, 0.717) is 13.0 Å². The van der Waals surface area contributed by atoms with E-state index in [-0.39, 0.29) is 12.6 Å². The van der Waals surface area contributed by atoms with Crippen LogP contribution in [0.4, 0.5) is 0 Å². The standard InChI is InChI=1S/C15H24ClNO2/c1-6-19-13-9-10(2)15(16)11(3)14(13)12(7-8-18)17(4)5/h9,12,18H,6-8H2,1-5H3. The highest BCUT2D eigenvalue weighted by Gasteiger charge is 2.23. The van der Waals surface area contributed by atoms with Gasteiger partial charge in [0.25, 0.3) is 0 Å². The predicted octanol–water partition coefficient (Wildman–Crippen LogP) is 3.34. The average Bonchev–Trinajstić information content (AvgIpc) is 2.35. The summed E-state index contributed by atoms with van der Waals surface area (Å²) in [6.07, 6.45) is 0.660. The molecule has 4 heteroatoms. The lowest BCUT2D eigenvalue weighted by atomic mass is 9.95. The first-order chi connectivity index (χ1) is 8.93. The zero-order valence-electron chi connectivity index (χ0n) is 12.5. The van der Waals surface area contributed by atoms with Crippen LogP contribution in [0.3, 0.4) is 0 Å². The van der Waals surface area contributed by atoms with Gasteiger partial charge in [-0.25, -0.2) is 0 Å². The summed E-state index contributed by atoms with van der Waals surface area (Å²) in [6, 6.07) is 2.09. The molecule has 0 aromatic heterocycles. The molecule has 1 atom stereocenters. The summed E-state index contributed by atoms with van der Waals surface area (Å²) in [5.74, 6) is 0.869. The minimum atomic E-state index is 0.102. The van der Waals surface area contributed by atoms with E-state index < -0.39 is 0 Å². The van der Waals surface area contributed by atoms with Crippen molar-refractivity contribution in [1.82, 2.24) is 4.90 Å². The maximum atomic E-state index is 9.28. The van der Waals surface area contributed by atoms with E-state index in [1.54, 1.807) is 0 Å². The summed E-state index contributed by atoms with van der Waals surface area (Å²) in [6.45, 7) is 6.73. The molecule has 0 heterocycles. The van der Waals surface area contributed by atoms with Gasteiger partial charge in [-0.3, -0.25) is 0 Å². The molecule has 108 valence electrons. The van der Waals surface area contributed by atoms with Crippen LogP contribution in [0.25, 0.3) is 0 Å². The van der Waals surface area contributed by atoms with Crippen molar-refractivity contribution in [2.24, 2.45) is 0 Å². The van der Waals surface area contributed by atoms with Gasteiger partial charge in [0.05, 0.1) is 6.61 Å². The van der Waals surface area contributed by atoms with Crippen molar-refractivity contribution in [3.05, 3.63) is 27.8 Å². The smallest absolute Gasteiger partial charge is 0.124 e. The number of aryl methyl sites for hydroxylation is 1. The number of aliphatic hydroxyl groups is 1. The van der Waals surface area contributed by atoms with Gasteiger partial charge in [0.2, 0.25) is 0 Å². The fourth-order valence-corrected chi connectivity index (χ4v) is 2.56. The average molecular weight is 286 g/mol. The number of halogens is 1. The third-order valence-corrected chi connectivity index (χ3v) is 3.93. The Kier molecular flexibility index (Phi) is 6.11. The summed E-state index contributed by atoms with van der Waals surface area (Å²) < 4.78 is 5.76. The molecule has 0 fully saturated rings. The number of benzene rings is 1. The molecule has 0 aliphatic heterocycles. The molecule has 1 aromatic rings. The number of hydrogen-bond donors (Lipinski definition) is 1. The minimum Gasteiger partial charge on any atom is -0.494 e. The number of hydrogen-bond acceptors (Lipinski definition) is 3. The van der Waals surface area contributed by atoms with Gasteiger partial charge < -0.3 is 14.7 Å². The van der Waals surface area contributed by atoms with Gasteiger partial charge in [0.1, 0.15) is 5.75 Å². The van der Waals surface area contributed by atoms with E-state index in [4.69, 9.17) is 16.3 Å². The molecule has 0 spiro atoms. The van der Waals surface area contributed by atoms with Crippen molar-refractivity contribution in [1.29, 1.82) is 0 Å². The largest absolute Gasteiger partial charge is 0.494 e. The van der Waals surface area contributed by atoms with Crippen molar-refractivity contribution in [3.63, 3.8) is 0 Å². The van der Waals surface area contributed by atoms with Gasteiger partial charge in [-0.2, -0.15) is 0 Å². The fraction of sp³-hybridized carbons (Fsp3) is 0.600. The molecule has 0 saturated carbocycles. The van der Waals surface area contributed by atoms with Gasteiger partial charge in [0.15, 0.2) is 0 Å². The van der Waals surface area contributed by atoms with Crippen LogP contribution in [-0.4, -0.2) is 37.3 Å². The van der Waals surface area contributed by atoms with Crippen molar-refractivity contribution >= 4 is 11.6 Å². The number of aliphatic hydroxyl groups excluding tert-OH is 1. The monoisotopic (exact) mass is 285 g/mol. The summed E-state index contributed by atoms with van der Waals surface area (Å²) >= 11 is 6.37. The van der Waals surface area contributed by atoms with Gasteiger partial charge in [-0.15, -0.1) is 0 Å². The van der Waals surface area contributed by atoms with Crippen LogP contribution < -0.4 is 4.74 Å². The predicted molar refractivity (Wildman–Crippen MR) is 80.2 cm³/mol. The van der Waals surface area contributed by atoms with Gasteiger partial charge in [-0.1, -0.05) is 11.6 Å². The summed E-state index contributed by atoms with van der Waals surface area (Å²) in [7, 11) is 4.01. The second kappa shape index (κ2) is 7.13. The lowest BCUT2D eigenvalue weighted by Crippen LogP contribution is -2.23. The molecule has 0 amide bonds. The van der Waals surface area contributed by atoms with E-state index >= 15 is 0 Å². The maximum Gasteiger partial charge on any atom is 0.124 e. The Morgan fingerprint density at radius 2 is 2.00 bits per heavy atom. The van der Waals surface area contributed by atoms with E-state index in [1.807, 2.05) is 40.9 Å². The highest BCUT2D eigenvalue weighted by Crippen LogP contribution is 2.38. The quantitative estimate of drug-likeness (QED) is 0.870. The first-order valence-corrected chi connectivity index (χ1v) is 7.01. The summed E-state index contributed by atoms with van der Waals surface area (Å²) in [4.78, 5) is 2.09. The van der Waals surface area contributed by atoms with Crippen LogP contribution in [0.5, 0.6) is 5.75 Å². The molecule has 0 aliphatic rings. The molecular weight excluding hydrogens is 262 g/mol. The summed E-state index contributed by atoms with van der Waals surface area (Å²) in [5, 5.41) is 10.1. The van der Waals surface area contributed by atoms with Crippen molar-refractivity contribution in [2.75, 3.05) is 27.3 Å². The van der Waals surface area contributed by atoms with Crippen molar-refractivity contribution in [2.45, 2.75) is 33.2 Å². The Morgan fingerprint density at radius 1 is 1.37 bits per heavy atom. The zero-order chi connectivity index (χ0) is 14.6. The van der Waals surface area contributed by atoms with Crippen LogP contribution in [-0.2, 0) is 0 Å². The molecule has 1 aromatic carbocycles. The van der Waals surface area contributed by atoms with Crippen molar-refractivity contribution in [3.8, 4) is 5.75 Å². The molecule has 3 nitrogen and oxygen atoms in total. The molecule has 1 N–H and O–H groups in total. The molecule has 0 saturated heterocycles. The zero-order valence-corrected chi connectivity index (χ0v) is 13.2. The fourth-order valence-electron chi connectivity index (χ4n) is 2.41. The topological polar surface area (TPSA) is 32.7 Å². The maximum absolute atomic E-state index is 9.28. The van der Waals surface area contributed by atoms with Gasteiger partial charge in [-0.05, 0) is 58.5 Å². The van der Waals surface area contributed by atoms with Crippen molar-refractivity contribution < 1.29 is 9.84 Å². The van der Waals surface area contributed by atoms with E-state index in [2.05, 4.69) is 4.90 Å². The summed E-state index contributed by atoms with van der Waals surface area (Å²) in [5.41, 5.74) is 3.14. The van der Waals surface area contributed by atoms with Gasteiger partial charge >= 0.3 is 0 Å². The SMILES string of the molecule is CCOc1cc(C)c(Cl)c(C)c1C(CCO)N(C)C.